The van der Waals surface area contributed by atoms with Gasteiger partial charge in [0.1, 0.15) is 17.9 Å². The third kappa shape index (κ3) is 4.55. The molecule has 2 saturated heterocycles. The lowest BCUT2D eigenvalue weighted by molar-refractivity contribution is -0.136. The maximum atomic E-state index is 13.0. The average molecular weight is 533 g/mol. The van der Waals surface area contributed by atoms with E-state index in [9.17, 15) is 19.6 Å². The molecule has 0 bridgehead atoms. The van der Waals surface area contributed by atoms with Crippen LogP contribution in [-0.2, 0) is 16.1 Å². The summed E-state index contributed by atoms with van der Waals surface area (Å²) in [6.45, 7) is 2.11. The molecule has 3 amide bonds. The molecule has 0 radical (unpaired) electrons. The van der Waals surface area contributed by atoms with Crippen LogP contribution in [0.3, 0.4) is 0 Å². The zero-order valence-electron chi connectivity index (χ0n) is 21.0. The third-order valence-corrected chi connectivity index (χ3v) is 8.64. The summed E-state index contributed by atoms with van der Waals surface area (Å²) in [5.41, 5.74) is 3.15. The highest BCUT2D eigenvalue weighted by atomic mass is 35.5. The van der Waals surface area contributed by atoms with Crippen molar-refractivity contribution >= 4 is 29.3 Å². The van der Waals surface area contributed by atoms with E-state index >= 15 is 0 Å². The number of hydrogen-bond donors (Lipinski definition) is 1. The van der Waals surface area contributed by atoms with Crippen LogP contribution in [0.25, 0.3) is 0 Å². The van der Waals surface area contributed by atoms with Crippen LogP contribution in [0.4, 0.5) is 0 Å². The fourth-order valence-corrected chi connectivity index (χ4v) is 6.56. The summed E-state index contributed by atoms with van der Waals surface area (Å²) in [6.07, 6.45) is 4.94. The lowest BCUT2D eigenvalue weighted by atomic mass is 9.83. The Bertz CT molecular complexity index is 1350. The van der Waals surface area contributed by atoms with E-state index < -0.39 is 11.9 Å². The second-order valence-corrected chi connectivity index (χ2v) is 11.2. The van der Waals surface area contributed by atoms with Gasteiger partial charge in [-0.25, -0.2) is 0 Å². The number of halogens is 1. The second kappa shape index (κ2) is 10.0. The van der Waals surface area contributed by atoms with Crippen molar-refractivity contribution in [1.82, 2.24) is 15.1 Å². The van der Waals surface area contributed by atoms with Gasteiger partial charge in [0.15, 0.2) is 0 Å². The Labute approximate surface area is 226 Å². The van der Waals surface area contributed by atoms with Crippen molar-refractivity contribution in [2.45, 2.75) is 69.2 Å². The number of nitriles is 1. The lowest BCUT2D eigenvalue weighted by Gasteiger charge is -2.48. The van der Waals surface area contributed by atoms with Gasteiger partial charge in [0, 0.05) is 48.6 Å². The molecular formula is C29H29ClN4O4. The Morgan fingerprint density at radius 1 is 1.03 bits per heavy atom. The average Bonchev–Trinajstić information content (AvgIpc) is 3.20. The van der Waals surface area contributed by atoms with Gasteiger partial charge in [0.05, 0.1) is 11.6 Å². The van der Waals surface area contributed by atoms with Gasteiger partial charge in [0.2, 0.25) is 11.8 Å². The van der Waals surface area contributed by atoms with Gasteiger partial charge >= 0.3 is 0 Å². The number of carbonyl (C=O) groups excluding carboxylic acids is 3. The maximum absolute atomic E-state index is 13.0. The molecule has 1 saturated carbocycles. The topological polar surface area (TPSA) is 103 Å². The molecule has 0 unspecified atom stereocenters. The number of piperidine rings is 1. The van der Waals surface area contributed by atoms with E-state index in [4.69, 9.17) is 16.3 Å². The highest BCUT2D eigenvalue weighted by molar-refractivity contribution is 6.30. The molecule has 38 heavy (non-hydrogen) atoms. The molecule has 3 aliphatic heterocycles. The number of rotatable bonds is 5. The number of carbonyl (C=O) groups is 3. The van der Waals surface area contributed by atoms with E-state index in [1.54, 1.807) is 17.0 Å². The number of nitrogens with one attached hydrogen (secondary N) is 1. The van der Waals surface area contributed by atoms with Crippen molar-refractivity contribution in [3.05, 3.63) is 63.7 Å². The molecule has 3 atom stereocenters. The molecule has 6 rings (SSSR count). The molecule has 3 fully saturated rings. The smallest absolute Gasteiger partial charge is 0.255 e. The Hall–Kier alpha value is -3.41. The third-order valence-electron chi connectivity index (χ3n) is 8.40. The summed E-state index contributed by atoms with van der Waals surface area (Å²) in [5, 5.41) is 12.5. The molecule has 1 aliphatic carbocycles. The largest absolute Gasteiger partial charge is 0.489 e. The number of amides is 3. The summed E-state index contributed by atoms with van der Waals surface area (Å²) in [4.78, 5) is 40.9. The predicted octanol–water partition coefficient (Wildman–Crippen LogP) is 3.76. The minimum atomic E-state index is -0.624. The molecule has 3 heterocycles. The first kappa shape index (κ1) is 24.9. The Morgan fingerprint density at radius 2 is 1.84 bits per heavy atom. The first-order chi connectivity index (χ1) is 18.4. The minimum Gasteiger partial charge on any atom is -0.489 e. The number of nitrogens with zero attached hydrogens (tertiary/aromatic N) is 3. The van der Waals surface area contributed by atoms with E-state index in [0.29, 0.717) is 41.1 Å². The number of likely N-dealkylation sites (tertiary alicyclic amines) is 1. The van der Waals surface area contributed by atoms with Gasteiger partial charge in [-0.1, -0.05) is 24.1 Å². The van der Waals surface area contributed by atoms with Crippen LogP contribution < -0.4 is 10.1 Å². The quantitative estimate of drug-likeness (QED) is 0.588. The molecule has 2 aromatic rings. The normalized spacial score (nSPS) is 25.9. The fraction of sp³-hybridized carbons (Fsp3) is 0.448. The standard InChI is InChI=1S/C29H29ClN4O4/c30-20-5-7-22(17(11-20)13-31)19-14-33(15-19)24-3-1-2-4-26(24)38-21-6-8-23-18(12-21)16-34(29(23)37)25-9-10-27(35)32-28(25)36/h5-8,11-12,19,24-26H,1-4,9-10,14-16H2,(H,32,35,36)/t24-,25+,26+/m1/s1. The summed E-state index contributed by atoms with van der Waals surface area (Å²) in [6, 6.07) is 13.1. The molecule has 8 nitrogen and oxygen atoms in total. The summed E-state index contributed by atoms with van der Waals surface area (Å²) < 4.78 is 6.54. The SMILES string of the molecule is N#Cc1cc(Cl)ccc1C1CN([C@@H]2CCCC[C@@H]2Oc2ccc3c(c2)CN([C@H]2CCC(=O)NC2=O)C3=O)C1. The maximum Gasteiger partial charge on any atom is 0.255 e. The summed E-state index contributed by atoms with van der Waals surface area (Å²) in [5.74, 6) is 0.175. The van der Waals surface area contributed by atoms with E-state index in [2.05, 4.69) is 16.3 Å². The van der Waals surface area contributed by atoms with Crippen molar-refractivity contribution in [1.29, 1.82) is 5.26 Å². The monoisotopic (exact) mass is 532 g/mol. The van der Waals surface area contributed by atoms with Crippen molar-refractivity contribution in [3.63, 3.8) is 0 Å². The van der Waals surface area contributed by atoms with E-state index in [1.165, 1.54) is 0 Å². The van der Waals surface area contributed by atoms with Gasteiger partial charge in [-0.2, -0.15) is 5.26 Å². The van der Waals surface area contributed by atoms with Crippen LogP contribution in [0.5, 0.6) is 5.75 Å². The first-order valence-corrected chi connectivity index (χ1v) is 13.7. The molecule has 2 aromatic carbocycles. The van der Waals surface area contributed by atoms with Crippen molar-refractivity contribution in [2.24, 2.45) is 0 Å². The van der Waals surface area contributed by atoms with Crippen LogP contribution in [0.15, 0.2) is 36.4 Å². The van der Waals surface area contributed by atoms with E-state index in [-0.39, 0.29) is 24.3 Å². The Morgan fingerprint density at radius 3 is 2.63 bits per heavy atom. The van der Waals surface area contributed by atoms with Crippen LogP contribution in [0, 0.1) is 11.3 Å². The predicted molar refractivity (Wildman–Crippen MR) is 140 cm³/mol. The van der Waals surface area contributed by atoms with E-state index in [0.717, 1.165) is 55.6 Å². The van der Waals surface area contributed by atoms with Gasteiger partial charge in [-0.05, 0) is 67.1 Å². The van der Waals surface area contributed by atoms with Gasteiger partial charge in [-0.3, -0.25) is 24.6 Å². The molecule has 9 heteroatoms. The number of benzene rings is 2. The van der Waals surface area contributed by atoms with Gasteiger partial charge < -0.3 is 9.64 Å². The van der Waals surface area contributed by atoms with Crippen LogP contribution >= 0.6 is 11.6 Å². The van der Waals surface area contributed by atoms with Gasteiger partial charge in [0.25, 0.3) is 5.91 Å². The second-order valence-electron chi connectivity index (χ2n) is 10.7. The lowest BCUT2D eigenvalue weighted by Crippen LogP contribution is -2.57. The van der Waals surface area contributed by atoms with Crippen molar-refractivity contribution in [2.75, 3.05) is 13.1 Å². The Balaban J connectivity index is 1.12. The molecule has 0 spiro atoms. The fourth-order valence-electron chi connectivity index (χ4n) is 6.39. The van der Waals surface area contributed by atoms with Crippen LogP contribution in [-0.4, -0.2) is 58.8 Å². The van der Waals surface area contributed by atoms with Gasteiger partial charge in [-0.15, -0.1) is 0 Å². The molecule has 1 N–H and O–H groups in total. The molecule has 196 valence electrons. The van der Waals surface area contributed by atoms with Crippen LogP contribution in [0.2, 0.25) is 5.02 Å². The number of imide groups is 1. The number of hydrogen-bond acceptors (Lipinski definition) is 6. The zero-order valence-corrected chi connectivity index (χ0v) is 21.7. The molecular weight excluding hydrogens is 504 g/mol. The molecule has 4 aliphatic rings. The highest BCUT2D eigenvalue weighted by Crippen LogP contribution is 2.38. The van der Waals surface area contributed by atoms with Crippen molar-refractivity contribution < 1.29 is 19.1 Å². The van der Waals surface area contributed by atoms with E-state index in [1.807, 2.05) is 24.3 Å². The molecule has 0 aromatic heterocycles. The first-order valence-electron chi connectivity index (χ1n) is 13.3. The zero-order chi connectivity index (χ0) is 26.4. The Kier molecular flexibility index (Phi) is 6.58. The number of ether oxygens (including phenoxy) is 1. The summed E-state index contributed by atoms with van der Waals surface area (Å²) in [7, 11) is 0. The van der Waals surface area contributed by atoms with Crippen molar-refractivity contribution in [3.8, 4) is 11.8 Å². The highest BCUT2D eigenvalue weighted by Gasteiger charge is 2.41. The van der Waals surface area contributed by atoms with Crippen LogP contribution in [0.1, 0.15) is 71.5 Å². The summed E-state index contributed by atoms with van der Waals surface area (Å²) >= 11 is 6.08. The minimum absolute atomic E-state index is 0.0479. The number of fused-ring (bicyclic) bond motifs is 1.